The number of hydrogen-bond donors (Lipinski definition) is 0. The van der Waals surface area contributed by atoms with Crippen molar-refractivity contribution in [3.8, 4) is 0 Å². The summed E-state index contributed by atoms with van der Waals surface area (Å²) >= 11 is 5.45. The molecule has 0 saturated heterocycles. The summed E-state index contributed by atoms with van der Waals surface area (Å²) in [6.07, 6.45) is 3.39. The van der Waals surface area contributed by atoms with E-state index >= 15 is 0 Å². The molecule has 0 aromatic rings. The van der Waals surface area contributed by atoms with Crippen molar-refractivity contribution in [1.82, 2.24) is 0 Å². The number of rotatable bonds is 3. The highest BCUT2D eigenvalue weighted by molar-refractivity contribution is 6.64. The van der Waals surface area contributed by atoms with Crippen LogP contribution in [0.25, 0.3) is 0 Å². The van der Waals surface area contributed by atoms with E-state index in [-0.39, 0.29) is 17.8 Å². The van der Waals surface area contributed by atoms with Gasteiger partial charge in [0, 0.05) is 5.92 Å². The lowest BCUT2D eigenvalue weighted by Crippen LogP contribution is -2.32. The monoisotopic (exact) mass is 218 g/mol. The van der Waals surface area contributed by atoms with Gasteiger partial charge in [0.2, 0.25) is 5.24 Å². The molecule has 1 aliphatic carbocycles. The fourth-order valence-electron chi connectivity index (χ4n) is 1.93. The van der Waals surface area contributed by atoms with Crippen molar-refractivity contribution in [1.29, 1.82) is 0 Å². The molecule has 3 nitrogen and oxygen atoms in total. The fraction of sp³-hybridized carbons (Fsp3) is 0.800. The molecular weight excluding hydrogens is 204 g/mol. The standard InChI is InChI=1S/C10H15ClO3/c1-2-14-10(13)8-6-4-3-5-7(8)9(11)12/h7-8H,2-6H2,1H3. The molecule has 1 aliphatic rings. The van der Waals surface area contributed by atoms with Gasteiger partial charge in [0.15, 0.2) is 0 Å². The molecule has 1 fully saturated rings. The summed E-state index contributed by atoms with van der Waals surface area (Å²) in [6.45, 7) is 2.12. The first-order chi connectivity index (χ1) is 6.66. The lowest BCUT2D eigenvalue weighted by molar-refractivity contribution is -0.152. The van der Waals surface area contributed by atoms with Crippen LogP contribution in [0.3, 0.4) is 0 Å². The van der Waals surface area contributed by atoms with E-state index in [0.29, 0.717) is 13.0 Å². The topological polar surface area (TPSA) is 43.4 Å². The molecule has 2 unspecified atom stereocenters. The minimum Gasteiger partial charge on any atom is -0.466 e. The third kappa shape index (κ3) is 2.71. The molecule has 0 aromatic heterocycles. The van der Waals surface area contributed by atoms with Gasteiger partial charge in [0.25, 0.3) is 0 Å². The molecule has 80 valence electrons. The molecule has 2 atom stereocenters. The van der Waals surface area contributed by atoms with Crippen molar-refractivity contribution in [3.05, 3.63) is 0 Å². The molecule has 0 heterocycles. The van der Waals surface area contributed by atoms with E-state index < -0.39 is 5.24 Å². The maximum atomic E-state index is 11.5. The molecule has 0 aromatic carbocycles. The Hall–Kier alpha value is -0.570. The first-order valence-corrected chi connectivity index (χ1v) is 5.40. The van der Waals surface area contributed by atoms with E-state index in [9.17, 15) is 9.59 Å². The van der Waals surface area contributed by atoms with Gasteiger partial charge in [0.05, 0.1) is 12.5 Å². The van der Waals surface area contributed by atoms with Crippen LogP contribution in [0.1, 0.15) is 32.6 Å². The van der Waals surface area contributed by atoms with E-state index in [1.165, 1.54) is 0 Å². The predicted octanol–water partition coefficient (Wildman–Crippen LogP) is 2.12. The van der Waals surface area contributed by atoms with Crippen molar-refractivity contribution in [2.75, 3.05) is 6.61 Å². The van der Waals surface area contributed by atoms with Crippen LogP contribution in [0.4, 0.5) is 0 Å². The highest BCUT2D eigenvalue weighted by Crippen LogP contribution is 2.32. The van der Waals surface area contributed by atoms with Crippen LogP contribution >= 0.6 is 11.6 Å². The zero-order valence-corrected chi connectivity index (χ0v) is 9.05. The van der Waals surface area contributed by atoms with E-state index in [2.05, 4.69) is 0 Å². The van der Waals surface area contributed by atoms with Crippen LogP contribution in [0.5, 0.6) is 0 Å². The number of carbonyl (C=O) groups is 2. The van der Waals surface area contributed by atoms with Gasteiger partial charge in [0.1, 0.15) is 0 Å². The smallest absolute Gasteiger partial charge is 0.309 e. The number of carbonyl (C=O) groups excluding carboxylic acids is 2. The summed E-state index contributed by atoms with van der Waals surface area (Å²) < 4.78 is 4.91. The highest BCUT2D eigenvalue weighted by atomic mass is 35.5. The Morgan fingerprint density at radius 1 is 1.29 bits per heavy atom. The summed E-state index contributed by atoms with van der Waals surface area (Å²) in [6, 6.07) is 0. The molecule has 0 amide bonds. The first-order valence-electron chi connectivity index (χ1n) is 5.02. The van der Waals surface area contributed by atoms with E-state index in [1.54, 1.807) is 6.92 Å². The van der Waals surface area contributed by atoms with Gasteiger partial charge < -0.3 is 4.74 Å². The zero-order chi connectivity index (χ0) is 10.6. The van der Waals surface area contributed by atoms with Crippen LogP contribution < -0.4 is 0 Å². The van der Waals surface area contributed by atoms with Crippen molar-refractivity contribution in [3.63, 3.8) is 0 Å². The molecule has 0 N–H and O–H groups in total. The summed E-state index contributed by atoms with van der Waals surface area (Å²) in [4.78, 5) is 22.6. The Balaban J connectivity index is 2.62. The molecule has 4 heteroatoms. The van der Waals surface area contributed by atoms with Crippen LogP contribution in [0.2, 0.25) is 0 Å². The van der Waals surface area contributed by atoms with Gasteiger partial charge in [-0.2, -0.15) is 0 Å². The highest BCUT2D eigenvalue weighted by Gasteiger charge is 2.35. The maximum Gasteiger partial charge on any atom is 0.309 e. The lowest BCUT2D eigenvalue weighted by Gasteiger charge is -2.26. The minimum atomic E-state index is -0.400. The summed E-state index contributed by atoms with van der Waals surface area (Å²) in [5, 5.41) is -0.400. The average molecular weight is 219 g/mol. The Morgan fingerprint density at radius 3 is 2.36 bits per heavy atom. The number of esters is 1. The summed E-state index contributed by atoms with van der Waals surface area (Å²) in [7, 11) is 0. The van der Waals surface area contributed by atoms with Gasteiger partial charge in [-0.05, 0) is 31.4 Å². The van der Waals surface area contributed by atoms with Gasteiger partial charge in [-0.3, -0.25) is 9.59 Å². The molecule has 1 saturated carbocycles. The lowest BCUT2D eigenvalue weighted by atomic mass is 9.80. The Labute approximate surface area is 88.8 Å². The van der Waals surface area contributed by atoms with Gasteiger partial charge in [-0.1, -0.05) is 12.8 Å². The van der Waals surface area contributed by atoms with Crippen molar-refractivity contribution >= 4 is 22.8 Å². The Bertz CT molecular complexity index is 227. The number of ether oxygens (including phenoxy) is 1. The normalized spacial score (nSPS) is 27.0. The number of halogens is 1. The molecule has 0 radical (unpaired) electrons. The second-order valence-electron chi connectivity index (χ2n) is 3.55. The fourth-order valence-corrected chi connectivity index (χ4v) is 2.20. The third-order valence-corrected chi connectivity index (χ3v) is 2.93. The zero-order valence-electron chi connectivity index (χ0n) is 8.29. The van der Waals surface area contributed by atoms with Gasteiger partial charge in [-0.25, -0.2) is 0 Å². The average Bonchev–Trinajstić information content (AvgIpc) is 2.18. The summed E-state index contributed by atoms with van der Waals surface area (Å²) in [5.41, 5.74) is 0. The summed E-state index contributed by atoms with van der Waals surface area (Å²) in [5.74, 6) is -0.913. The second kappa shape index (κ2) is 5.35. The molecule has 0 bridgehead atoms. The SMILES string of the molecule is CCOC(=O)C1CCCCC1C(=O)Cl. The van der Waals surface area contributed by atoms with Crippen molar-refractivity contribution in [2.45, 2.75) is 32.6 Å². The van der Waals surface area contributed by atoms with E-state index in [0.717, 1.165) is 19.3 Å². The molecular formula is C10H15ClO3. The largest absolute Gasteiger partial charge is 0.466 e. The van der Waals surface area contributed by atoms with E-state index in [4.69, 9.17) is 16.3 Å². The minimum absolute atomic E-state index is 0.272. The van der Waals surface area contributed by atoms with Crippen LogP contribution in [-0.2, 0) is 14.3 Å². The number of hydrogen-bond acceptors (Lipinski definition) is 3. The second-order valence-corrected chi connectivity index (χ2v) is 3.93. The van der Waals surface area contributed by atoms with Crippen LogP contribution in [0, 0.1) is 11.8 Å². The Morgan fingerprint density at radius 2 is 1.86 bits per heavy atom. The molecule has 1 rings (SSSR count). The first kappa shape index (κ1) is 11.5. The third-order valence-electron chi connectivity index (χ3n) is 2.65. The predicted molar refractivity (Wildman–Crippen MR) is 52.9 cm³/mol. The maximum absolute atomic E-state index is 11.5. The molecule has 14 heavy (non-hydrogen) atoms. The molecule has 0 aliphatic heterocycles. The quantitative estimate of drug-likeness (QED) is 0.538. The van der Waals surface area contributed by atoms with Crippen LogP contribution in [0.15, 0.2) is 0 Å². The van der Waals surface area contributed by atoms with Crippen molar-refractivity contribution < 1.29 is 14.3 Å². The van der Waals surface area contributed by atoms with Crippen molar-refractivity contribution in [2.24, 2.45) is 11.8 Å². The molecule has 0 spiro atoms. The Kier molecular flexibility index (Phi) is 4.39. The van der Waals surface area contributed by atoms with Gasteiger partial charge in [-0.15, -0.1) is 0 Å². The van der Waals surface area contributed by atoms with Gasteiger partial charge >= 0.3 is 5.97 Å². The van der Waals surface area contributed by atoms with E-state index in [1.807, 2.05) is 0 Å². The van der Waals surface area contributed by atoms with Crippen LogP contribution in [-0.4, -0.2) is 17.8 Å².